The van der Waals surface area contributed by atoms with E-state index in [1.54, 1.807) is 18.2 Å². The number of hydrogen-bond acceptors (Lipinski definition) is 4. The van der Waals surface area contributed by atoms with Gasteiger partial charge in [-0.2, -0.15) is 0 Å². The van der Waals surface area contributed by atoms with Crippen LogP contribution >= 0.6 is 0 Å². The third-order valence-corrected chi connectivity index (χ3v) is 3.34. The van der Waals surface area contributed by atoms with Gasteiger partial charge in [-0.1, -0.05) is 26.7 Å². The Balaban J connectivity index is 2.93. The van der Waals surface area contributed by atoms with Crippen LogP contribution in [0.15, 0.2) is 18.2 Å². The van der Waals surface area contributed by atoms with Crippen molar-refractivity contribution in [3.05, 3.63) is 23.8 Å². The standard InChI is InChI=1S/C17H25NO5/c1-4-6-7-14(17(20)21)18-16(19)13-9-8-12(22-3)11-15(13)23-10-5-2/h8-9,11,14H,4-7,10H2,1-3H3,(H,18,19)(H,20,21)/t14-/m0/s1. The molecule has 0 saturated carbocycles. The number of unbranched alkanes of at least 4 members (excludes halogenated alkanes) is 1. The van der Waals surface area contributed by atoms with E-state index < -0.39 is 17.9 Å². The number of methoxy groups -OCH3 is 1. The van der Waals surface area contributed by atoms with Gasteiger partial charge in [0.2, 0.25) is 0 Å². The number of ether oxygens (including phenoxy) is 2. The van der Waals surface area contributed by atoms with Crippen LogP contribution in [0.5, 0.6) is 11.5 Å². The lowest BCUT2D eigenvalue weighted by Crippen LogP contribution is -2.40. The number of amides is 1. The van der Waals surface area contributed by atoms with Gasteiger partial charge in [0.25, 0.3) is 5.91 Å². The molecule has 0 aliphatic rings. The molecule has 1 aromatic rings. The second-order valence-corrected chi connectivity index (χ2v) is 5.22. The average Bonchev–Trinajstić information content (AvgIpc) is 2.55. The van der Waals surface area contributed by atoms with E-state index in [1.165, 1.54) is 7.11 Å². The molecule has 6 heteroatoms. The molecule has 23 heavy (non-hydrogen) atoms. The van der Waals surface area contributed by atoms with Gasteiger partial charge in [-0.3, -0.25) is 4.79 Å². The molecular formula is C17H25NO5. The smallest absolute Gasteiger partial charge is 0.326 e. The van der Waals surface area contributed by atoms with Gasteiger partial charge in [-0.25, -0.2) is 4.79 Å². The normalized spacial score (nSPS) is 11.6. The average molecular weight is 323 g/mol. The molecule has 0 radical (unpaired) electrons. The summed E-state index contributed by atoms with van der Waals surface area (Å²) in [5.74, 6) is -0.518. The quantitative estimate of drug-likeness (QED) is 0.691. The maximum absolute atomic E-state index is 12.4. The molecule has 2 N–H and O–H groups in total. The molecule has 0 bridgehead atoms. The van der Waals surface area contributed by atoms with Crippen molar-refractivity contribution in [3.63, 3.8) is 0 Å². The molecule has 0 spiro atoms. The monoisotopic (exact) mass is 323 g/mol. The highest BCUT2D eigenvalue weighted by atomic mass is 16.5. The summed E-state index contributed by atoms with van der Waals surface area (Å²) >= 11 is 0. The number of rotatable bonds is 10. The highest BCUT2D eigenvalue weighted by Gasteiger charge is 2.22. The van der Waals surface area contributed by atoms with Crippen LogP contribution in [0.25, 0.3) is 0 Å². The Kier molecular flexibility index (Phi) is 7.94. The summed E-state index contributed by atoms with van der Waals surface area (Å²) in [5.41, 5.74) is 0.307. The molecule has 128 valence electrons. The highest BCUT2D eigenvalue weighted by Crippen LogP contribution is 2.25. The van der Waals surface area contributed by atoms with Crippen molar-refractivity contribution in [3.8, 4) is 11.5 Å². The number of aliphatic carboxylic acids is 1. The van der Waals surface area contributed by atoms with Crippen molar-refractivity contribution in [1.29, 1.82) is 0 Å². The number of nitrogens with one attached hydrogen (secondary N) is 1. The largest absolute Gasteiger partial charge is 0.497 e. The molecule has 1 rings (SSSR count). The summed E-state index contributed by atoms with van der Waals surface area (Å²) in [6.45, 7) is 4.40. The predicted octanol–water partition coefficient (Wildman–Crippen LogP) is 2.86. The highest BCUT2D eigenvalue weighted by molar-refractivity contribution is 5.99. The fraction of sp³-hybridized carbons (Fsp3) is 0.529. The minimum Gasteiger partial charge on any atom is -0.497 e. The Bertz CT molecular complexity index is 530. The number of carboxylic acid groups (broad SMARTS) is 1. The topological polar surface area (TPSA) is 84.9 Å². The Morgan fingerprint density at radius 3 is 2.57 bits per heavy atom. The first-order valence-corrected chi connectivity index (χ1v) is 7.87. The van der Waals surface area contributed by atoms with Crippen molar-refractivity contribution in [2.45, 2.75) is 45.6 Å². The SMILES string of the molecule is CCCC[C@H](NC(=O)c1ccc(OC)cc1OCCC)C(=O)O. The first kappa shape index (κ1) is 18.8. The zero-order valence-corrected chi connectivity index (χ0v) is 13.9. The molecule has 0 aromatic heterocycles. The van der Waals surface area contributed by atoms with Gasteiger partial charge >= 0.3 is 5.97 Å². The van der Waals surface area contributed by atoms with Crippen molar-refractivity contribution in [2.75, 3.05) is 13.7 Å². The zero-order valence-electron chi connectivity index (χ0n) is 13.9. The Morgan fingerprint density at radius 1 is 1.26 bits per heavy atom. The van der Waals surface area contributed by atoms with E-state index in [-0.39, 0.29) is 0 Å². The van der Waals surface area contributed by atoms with Crippen LogP contribution in [0, 0.1) is 0 Å². The number of carbonyl (C=O) groups is 2. The first-order valence-electron chi connectivity index (χ1n) is 7.87. The van der Waals surface area contributed by atoms with Gasteiger partial charge in [-0.15, -0.1) is 0 Å². The second-order valence-electron chi connectivity index (χ2n) is 5.22. The zero-order chi connectivity index (χ0) is 17.2. The van der Waals surface area contributed by atoms with Crippen LogP contribution < -0.4 is 14.8 Å². The molecule has 0 saturated heterocycles. The summed E-state index contributed by atoms with van der Waals surface area (Å²) < 4.78 is 10.7. The fourth-order valence-corrected chi connectivity index (χ4v) is 2.05. The Hall–Kier alpha value is -2.24. The maximum Gasteiger partial charge on any atom is 0.326 e. The van der Waals surface area contributed by atoms with Gasteiger partial charge in [0, 0.05) is 6.07 Å². The summed E-state index contributed by atoms with van der Waals surface area (Å²) in [6, 6.07) is 3.96. The summed E-state index contributed by atoms with van der Waals surface area (Å²) in [7, 11) is 1.53. The van der Waals surface area contributed by atoms with E-state index in [2.05, 4.69) is 5.32 Å². The maximum atomic E-state index is 12.4. The van der Waals surface area contributed by atoms with Crippen LogP contribution in [-0.2, 0) is 4.79 Å². The fourth-order valence-electron chi connectivity index (χ4n) is 2.05. The molecular weight excluding hydrogens is 298 g/mol. The lowest BCUT2D eigenvalue weighted by molar-refractivity contribution is -0.139. The van der Waals surface area contributed by atoms with E-state index in [9.17, 15) is 14.7 Å². The first-order chi connectivity index (χ1) is 11.0. The van der Waals surface area contributed by atoms with E-state index in [1.807, 2.05) is 13.8 Å². The Labute approximate surface area is 136 Å². The van der Waals surface area contributed by atoms with Gasteiger partial charge in [0.1, 0.15) is 17.5 Å². The molecule has 1 aromatic carbocycles. The van der Waals surface area contributed by atoms with Gasteiger partial charge < -0.3 is 19.9 Å². The van der Waals surface area contributed by atoms with E-state index >= 15 is 0 Å². The van der Waals surface area contributed by atoms with Crippen LogP contribution in [0.4, 0.5) is 0 Å². The van der Waals surface area contributed by atoms with Gasteiger partial charge in [0.15, 0.2) is 0 Å². The van der Waals surface area contributed by atoms with Gasteiger partial charge in [0.05, 0.1) is 19.3 Å². The molecule has 0 fully saturated rings. The van der Waals surface area contributed by atoms with E-state index in [0.717, 1.165) is 19.3 Å². The van der Waals surface area contributed by atoms with Crippen LogP contribution in [0.2, 0.25) is 0 Å². The Morgan fingerprint density at radius 2 is 2.00 bits per heavy atom. The van der Waals surface area contributed by atoms with Crippen LogP contribution in [-0.4, -0.2) is 36.7 Å². The van der Waals surface area contributed by atoms with Gasteiger partial charge in [-0.05, 0) is 25.0 Å². The van der Waals surface area contributed by atoms with Crippen molar-refractivity contribution in [1.82, 2.24) is 5.32 Å². The summed E-state index contributed by atoms with van der Waals surface area (Å²) in [6.07, 6.45) is 2.80. The molecule has 0 unspecified atom stereocenters. The third kappa shape index (κ3) is 5.81. The number of benzene rings is 1. The third-order valence-electron chi connectivity index (χ3n) is 3.34. The predicted molar refractivity (Wildman–Crippen MR) is 87.2 cm³/mol. The van der Waals surface area contributed by atoms with E-state index in [0.29, 0.717) is 30.1 Å². The number of carbonyl (C=O) groups excluding carboxylic acids is 1. The van der Waals surface area contributed by atoms with E-state index in [4.69, 9.17) is 9.47 Å². The summed E-state index contributed by atoms with van der Waals surface area (Å²) in [4.78, 5) is 23.7. The lowest BCUT2D eigenvalue weighted by atomic mass is 10.1. The minimum atomic E-state index is -1.03. The second kappa shape index (κ2) is 9.71. The van der Waals surface area contributed by atoms with Crippen molar-refractivity contribution in [2.24, 2.45) is 0 Å². The molecule has 1 atom stereocenters. The summed E-state index contributed by atoms with van der Waals surface area (Å²) in [5, 5.41) is 11.8. The lowest BCUT2D eigenvalue weighted by Gasteiger charge is -2.16. The minimum absolute atomic E-state index is 0.307. The molecule has 0 heterocycles. The van der Waals surface area contributed by atoms with Crippen molar-refractivity contribution >= 4 is 11.9 Å². The molecule has 0 aliphatic heterocycles. The number of carboxylic acids is 1. The van der Waals surface area contributed by atoms with Crippen molar-refractivity contribution < 1.29 is 24.2 Å². The van der Waals surface area contributed by atoms with Crippen LogP contribution in [0.1, 0.15) is 49.9 Å². The molecule has 6 nitrogen and oxygen atoms in total. The molecule has 1 amide bonds. The van der Waals surface area contributed by atoms with Crippen LogP contribution in [0.3, 0.4) is 0 Å². The number of hydrogen-bond donors (Lipinski definition) is 2. The molecule has 0 aliphatic carbocycles.